The average Bonchev–Trinajstić information content (AvgIpc) is 3.52. The van der Waals surface area contributed by atoms with Crippen LogP contribution in [0.1, 0.15) is 0 Å². The fourth-order valence-electron chi connectivity index (χ4n) is 6.17. The summed E-state index contributed by atoms with van der Waals surface area (Å²) in [5.41, 5.74) is 7.17. The van der Waals surface area contributed by atoms with Gasteiger partial charge in [0.15, 0.2) is 17.5 Å². The van der Waals surface area contributed by atoms with Gasteiger partial charge in [0.25, 0.3) is 0 Å². The lowest BCUT2D eigenvalue weighted by molar-refractivity contribution is 0.672. The van der Waals surface area contributed by atoms with Gasteiger partial charge in [0, 0.05) is 33.0 Å². The second kappa shape index (κ2) is 10.2. The van der Waals surface area contributed by atoms with Gasteiger partial charge in [-0.3, -0.25) is 0 Å². The van der Waals surface area contributed by atoms with Gasteiger partial charge in [-0.25, -0.2) is 19.9 Å². The number of fused-ring (bicyclic) bond motifs is 6. The van der Waals surface area contributed by atoms with Crippen LogP contribution in [-0.2, 0) is 0 Å². The summed E-state index contributed by atoms with van der Waals surface area (Å²) < 4.78 is 6.62. The van der Waals surface area contributed by atoms with Crippen LogP contribution in [0.25, 0.3) is 89.0 Å². The first-order chi connectivity index (χ1) is 22.3. The number of aromatic nitrogens is 4. The molecular weight excluding hydrogens is 552 g/mol. The number of furan rings is 1. The van der Waals surface area contributed by atoms with E-state index in [1.165, 1.54) is 5.39 Å². The number of hydrogen-bond donors (Lipinski definition) is 0. The van der Waals surface area contributed by atoms with Crippen LogP contribution in [0.5, 0.6) is 0 Å². The standard InChI is InChI=1S/C40H24N4O/c1-3-13-26(14-4-1)38-42-39(27-15-5-2-6-16-27)44-40(43-38)28-22-23-33-32(24-28)37-35(31-19-9-10-21-34(31)45-37)36(41-33)30-20-11-17-25-12-7-8-18-29(25)30/h1-24H. The summed E-state index contributed by atoms with van der Waals surface area (Å²) in [5, 5.41) is 5.27. The van der Waals surface area contributed by atoms with Crippen LogP contribution in [0.4, 0.5) is 0 Å². The van der Waals surface area contributed by atoms with Gasteiger partial charge < -0.3 is 4.42 Å². The third-order valence-corrected chi connectivity index (χ3v) is 8.31. The van der Waals surface area contributed by atoms with E-state index in [1.807, 2.05) is 91.0 Å². The van der Waals surface area contributed by atoms with Crippen LogP contribution in [0.3, 0.4) is 0 Å². The summed E-state index contributed by atoms with van der Waals surface area (Å²) >= 11 is 0. The summed E-state index contributed by atoms with van der Waals surface area (Å²) in [5.74, 6) is 1.84. The molecule has 9 rings (SSSR count). The van der Waals surface area contributed by atoms with Crippen molar-refractivity contribution in [3.8, 4) is 45.4 Å². The zero-order chi connectivity index (χ0) is 29.7. The smallest absolute Gasteiger partial charge is 0.164 e. The number of hydrogen-bond acceptors (Lipinski definition) is 5. The Labute approximate surface area is 258 Å². The number of para-hydroxylation sites is 1. The minimum atomic E-state index is 0.590. The quantitative estimate of drug-likeness (QED) is 0.209. The van der Waals surface area contributed by atoms with E-state index in [9.17, 15) is 0 Å². The van der Waals surface area contributed by atoms with Gasteiger partial charge in [0.05, 0.1) is 16.6 Å². The monoisotopic (exact) mass is 576 g/mol. The van der Waals surface area contributed by atoms with Crippen LogP contribution in [0, 0.1) is 0 Å². The molecule has 0 radical (unpaired) electrons. The molecule has 3 aromatic heterocycles. The Bertz CT molecular complexity index is 2480. The van der Waals surface area contributed by atoms with Gasteiger partial charge in [0.1, 0.15) is 11.2 Å². The van der Waals surface area contributed by atoms with E-state index >= 15 is 0 Å². The Morgan fingerprint density at radius 1 is 0.422 bits per heavy atom. The fourth-order valence-corrected chi connectivity index (χ4v) is 6.17. The first-order valence-electron chi connectivity index (χ1n) is 14.9. The Morgan fingerprint density at radius 3 is 1.76 bits per heavy atom. The van der Waals surface area contributed by atoms with Crippen LogP contribution in [-0.4, -0.2) is 19.9 Å². The van der Waals surface area contributed by atoms with Crippen LogP contribution >= 0.6 is 0 Å². The maximum absolute atomic E-state index is 6.62. The number of rotatable bonds is 4. The van der Waals surface area contributed by atoms with E-state index in [0.717, 1.165) is 66.2 Å². The number of benzene rings is 6. The third kappa shape index (κ3) is 4.25. The molecule has 9 aromatic rings. The molecule has 5 heteroatoms. The Morgan fingerprint density at radius 2 is 1.02 bits per heavy atom. The fraction of sp³-hybridized carbons (Fsp3) is 0. The molecule has 5 nitrogen and oxygen atoms in total. The zero-order valence-electron chi connectivity index (χ0n) is 24.1. The highest BCUT2D eigenvalue weighted by atomic mass is 16.3. The minimum absolute atomic E-state index is 0.590. The highest BCUT2D eigenvalue weighted by Crippen LogP contribution is 2.42. The molecule has 210 valence electrons. The summed E-state index contributed by atoms with van der Waals surface area (Å²) in [7, 11) is 0. The van der Waals surface area contributed by atoms with Crippen molar-refractivity contribution in [3.63, 3.8) is 0 Å². The van der Waals surface area contributed by atoms with Crippen LogP contribution in [0.15, 0.2) is 150 Å². The number of nitrogens with zero attached hydrogens (tertiary/aromatic N) is 4. The summed E-state index contributed by atoms with van der Waals surface area (Å²) in [6.45, 7) is 0. The second-order valence-electron chi connectivity index (χ2n) is 11.1. The predicted octanol–water partition coefficient (Wildman–Crippen LogP) is 10.1. The highest BCUT2D eigenvalue weighted by molar-refractivity contribution is 6.21. The van der Waals surface area contributed by atoms with E-state index in [2.05, 4.69) is 54.6 Å². The molecular formula is C40H24N4O. The molecule has 0 aliphatic rings. The molecule has 0 atom stereocenters. The molecule has 0 aliphatic carbocycles. The Hall–Kier alpha value is -6.20. The second-order valence-corrected chi connectivity index (χ2v) is 11.1. The molecule has 0 saturated carbocycles. The predicted molar refractivity (Wildman–Crippen MR) is 182 cm³/mol. The molecule has 0 amide bonds. The summed E-state index contributed by atoms with van der Waals surface area (Å²) in [6.07, 6.45) is 0. The summed E-state index contributed by atoms with van der Waals surface area (Å²) in [4.78, 5) is 20.1. The molecule has 0 aliphatic heterocycles. The average molecular weight is 577 g/mol. The van der Waals surface area contributed by atoms with Gasteiger partial charge in [-0.05, 0) is 35.0 Å². The van der Waals surface area contributed by atoms with Crippen molar-refractivity contribution in [3.05, 3.63) is 146 Å². The van der Waals surface area contributed by atoms with Crippen LogP contribution < -0.4 is 0 Å². The topological polar surface area (TPSA) is 64.7 Å². The van der Waals surface area contributed by atoms with E-state index in [4.69, 9.17) is 24.4 Å². The van der Waals surface area contributed by atoms with E-state index in [0.29, 0.717) is 17.5 Å². The van der Waals surface area contributed by atoms with E-state index in [-0.39, 0.29) is 0 Å². The van der Waals surface area contributed by atoms with Crippen molar-refractivity contribution >= 4 is 43.6 Å². The highest BCUT2D eigenvalue weighted by Gasteiger charge is 2.20. The number of pyridine rings is 1. The first-order valence-corrected chi connectivity index (χ1v) is 14.9. The lowest BCUT2D eigenvalue weighted by Crippen LogP contribution is -2.00. The largest absolute Gasteiger partial charge is 0.455 e. The maximum atomic E-state index is 6.62. The van der Waals surface area contributed by atoms with Crippen molar-refractivity contribution in [1.82, 2.24) is 19.9 Å². The molecule has 0 fully saturated rings. The maximum Gasteiger partial charge on any atom is 0.164 e. The molecule has 6 aromatic carbocycles. The van der Waals surface area contributed by atoms with Crippen molar-refractivity contribution in [2.45, 2.75) is 0 Å². The molecule has 45 heavy (non-hydrogen) atoms. The molecule has 0 saturated heterocycles. The molecule has 0 spiro atoms. The van der Waals surface area contributed by atoms with E-state index in [1.54, 1.807) is 0 Å². The molecule has 0 bridgehead atoms. The minimum Gasteiger partial charge on any atom is -0.455 e. The normalized spacial score (nSPS) is 11.6. The summed E-state index contributed by atoms with van der Waals surface area (Å²) in [6, 6.07) is 49.2. The van der Waals surface area contributed by atoms with Gasteiger partial charge >= 0.3 is 0 Å². The van der Waals surface area contributed by atoms with Crippen LogP contribution in [0.2, 0.25) is 0 Å². The van der Waals surface area contributed by atoms with Gasteiger partial charge in [-0.2, -0.15) is 0 Å². The molecule has 3 heterocycles. The van der Waals surface area contributed by atoms with Gasteiger partial charge in [0.2, 0.25) is 0 Å². The van der Waals surface area contributed by atoms with Gasteiger partial charge in [-0.1, -0.05) is 121 Å². The van der Waals surface area contributed by atoms with E-state index < -0.39 is 0 Å². The van der Waals surface area contributed by atoms with Crippen molar-refractivity contribution < 1.29 is 4.42 Å². The third-order valence-electron chi connectivity index (χ3n) is 8.31. The zero-order valence-corrected chi connectivity index (χ0v) is 24.1. The first kappa shape index (κ1) is 25.3. The Balaban J connectivity index is 1.31. The van der Waals surface area contributed by atoms with Crippen molar-refractivity contribution in [1.29, 1.82) is 0 Å². The molecule has 0 N–H and O–H groups in total. The van der Waals surface area contributed by atoms with Crippen molar-refractivity contribution in [2.24, 2.45) is 0 Å². The lowest BCUT2D eigenvalue weighted by Gasteiger charge is -2.11. The lowest BCUT2D eigenvalue weighted by atomic mass is 9.97. The molecule has 0 unspecified atom stereocenters. The van der Waals surface area contributed by atoms with Gasteiger partial charge in [-0.15, -0.1) is 0 Å². The SMILES string of the molecule is c1ccc(-c2nc(-c3ccccc3)nc(-c3ccc4nc(-c5cccc6ccccc56)c5c6ccccc6oc5c4c3)n2)cc1. The van der Waals surface area contributed by atoms with Crippen molar-refractivity contribution in [2.75, 3.05) is 0 Å². The Kier molecular flexibility index (Phi) is 5.74.